The SMILES string of the molecule is FC(F)(F)Oc1ccc(CNc2nccc(-n3cnc4ccccc43)n2)cc1. The Kier molecular flexibility index (Phi) is 4.56. The number of alkyl halides is 3. The molecular formula is C19H14F3N5O. The number of halogens is 3. The Labute approximate surface area is 157 Å². The van der Waals surface area contributed by atoms with E-state index < -0.39 is 6.36 Å². The molecule has 0 atom stereocenters. The summed E-state index contributed by atoms with van der Waals surface area (Å²) in [6.45, 7) is 0.348. The van der Waals surface area contributed by atoms with Gasteiger partial charge in [0.25, 0.3) is 0 Å². The van der Waals surface area contributed by atoms with Crippen molar-refractivity contribution < 1.29 is 17.9 Å². The molecule has 28 heavy (non-hydrogen) atoms. The number of nitrogens with zero attached hydrogens (tertiary/aromatic N) is 4. The molecule has 2 aromatic heterocycles. The van der Waals surface area contributed by atoms with Gasteiger partial charge in [-0.25, -0.2) is 9.97 Å². The summed E-state index contributed by atoms with van der Waals surface area (Å²) < 4.78 is 42.3. The summed E-state index contributed by atoms with van der Waals surface area (Å²) in [6, 6.07) is 15.1. The van der Waals surface area contributed by atoms with E-state index in [1.807, 2.05) is 28.8 Å². The van der Waals surface area contributed by atoms with Gasteiger partial charge in [-0.3, -0.25) is 4.57 Å². The molecule has 0 aliphatic rings. The van der Waals surface area contributed by atoms with Crippen molar-refractivity contribution in [3.8, 4) is 11.6 Å². The van der Waals surface area contributed by atoms with Gasteiger partial charge in [-0.15, -0.1) is 13.2 Å². The molecule has 0 aliphatic heterocycles. The van der Waals surface area contributed by atoms with Gasteiger partial charge >= 0.3 is 6.36 Å². The van der Waals surface area contributed by atoms with Crippen LogP contribution in [0.4, 0.5) is 19.1 Å². The highest BCUT2D eigenvalue weighted by molar-refractivity contribution is 5.76. The number of anilines is 1. The van der Waals surface area contributed by atoms with Crippen LogP contribution in [0.2, 0.25) is 0 Å². The molecule has 2 aromatic carbocycles. The lowest BCUT2D eigenvalue weighted by Crippen LogP contribution is -2.17. The van der Waals surface area contributed by atoms with Gasteiger partial charge in [-0.05, 0) is 35.9 Å². The molecule has 0 unspecified atom stereocenters. The van der Waals surface area contributed by atoms with Crippen molar-refractivity contribution in [2.75, 3.05) is 5.32 Å². The highest BCUT2D eigenvalue weighted by Gasteiger charge is 2.30. The number of hydrogen-bond donors (Lipinski definition) is 1. The van der Waals surface area contributed by atoms with Gasteiger partial charge in [-0.2, -0.15) is 4.98 Å². The molecular weight excluding hydrogens is 371 g/mol. The van der Waals surface area contributed by atoms with E-state index in [2.05, 4.69) is 25.0 Å². The zero-order chi connectivity index (χ0) is 19.6. The van der Waals surface area contributed by atoms with Crippen LogP contribution in [-0.2, 0) is 6.54 Å². The van der Waals surface area contributed by atoms with Gasteiger partial charge in [0.05, 0.1) is 11.0 Å². The van der Waals surface area contributed by atoms with Crippen molar-refractivity contribution in [1.82, 2.24) is 19.5 Å². The van der Waals surface area contributed by atoms with Crippen LogP contribution in [0.25, 0.3) is 16.9 Å². The molecule has 2 heterocycles. The van der Waals surface area contributed by atoms with Gasteiger partial charge in [0, 0.05) is 12.7 Å². The van der Waals surface area contributed by atoms with Gasteiger partial charge in [0.1, 0.15) is 17.9 Å². The molecule has 0 fully saturated rings. The second-order valence-electron chi connectivity index (χ2n) is 5.89. The Morgan fingerprint density at radius 2 is 1.75 bits per heavy atom. The van der Waals surface area contributed by atoms with Crippen LogP contribution >= 0.6 is 0 Å². The summed E-state index contributed by atoms with van der Waals surface area (Å²) >= 11 is 0. The predicted molar refractivity (Wildman–Crippen MR) is 97.1 cm³/mol. The van der Waals surface area contributed by atoms with Crippen molar-refractivity contribution >= 4 is 17.0 Å². The van der Waals surface area contributed by atoms with E-state index >= 15 is 0 Å². The van der Waals surface area contributed by atoms with Gasteiger partial charge < -0.3 is 10.1 Å². The molecule has 0 saturated heterocycles. The largest absolute Gasteiger partial charge is 0.573 e. The van der Waals surface area contributed by atoms with Crippen molar-refractivity contribution in [1.29, 1.82) is 0 Å². The van der Waals surface area contributed by atoms with E-state index in [9.17, 15) is 13.2 Å². The Balaban J connectivity index is 1.47. The molecule has 0 spiro atoms. The lowest BCUT2D eigenvalue weighted by atomic mass is 10.2. The first-order chi connectivity index (χ1) is 13.5. The van der Waals surface area contributed by atoms with Gasteiger partial charge in [0.15, 0.2) is 0 Å². The van der Waals surface area contributed by atoms with Gasteiger partial charge in [-0.1, -0.05) is 24.3 Å². The Bertz CT molecular complexity index is 1090. The lowest BCUT2D eigenvalue weighted by Gasteiger charge is -2.10. The van der Waals surface area contributed by atoms with E-state index in [4.69, 9.17) is 0 Å². The summed E-state index contributed by atoms with van der Waals surface area (Å²) in [7, 11) is 0. The maximum Gasteiger partial charge on any atom is 0.573 e. The fraction of sp³-hybridized carbons (Fsp3) is 0.105. The molecule has 0 aliphatic carbocycles. The topological polar surface area (TPSA) is 64.9 Å². The molecule has 0 amide bonds. The predicted octanol–water partition coefficient (Wildman–Crippen LogP) is 4.33. The van der Waals surface area contributed by atoms with Crippen LogP contribution in [0.5, 0.6) is 5.75 Å². The van der Waals surface area contributed by atoms with Crippen LogP contribution in [0.1, 0.15) is 5.56 Å². The maximum absolute atomic E-state index is 12.2. The van der Waals surface area contributed by atoms with E-state index in [-0.39, 0.29) is 5.75 Å². The van der Waals surface area contributed by atoms with E-state index in [1.165, 1.54) is 12.1 Å². The molecule has 0 radical (unpaired) electrons. The van der Waals surface area contributed by atoms with Gasteiger partial charge in [0.2, 0.25) is 5.95 Å². The van der Waals surface area contributed by atoms with Crippen LogP contribution in [0.15, 0.2) is 67.1 Å². The highest BCUT2D eigenvalue weighted by Crippen LogP contribution is 2.23. The van der Waals surface area contributed by atoms with E-state index in [0.717, 1.165) is 16.6 Å². The normalized spacial score (nSPS) is 11.5. The Hall–Kier alpha value is -3.62. The van der Waals surface area contributed by atoms with Crippen molar-refractivity contribution in [3.05, 3.63) is 72.7 Å². The molecule has 1 N–H and O–H groups in total. The van der Waals surface area contributed by atoms with Crippen LogP contribution < -0.4 is 10.1 Å². The average molecular weight is 385 g/mol. The van der Waals surface area contributed by atoms with Crippen molar-refractivity contribution in [2.45, 2.75) is 12.9 Å². The van der Waals surface area contributed by atoms with Crippen LogP contribution in [-0.4, -0.2) is 25.9 Å². The molecule has 0 saturated carbocycles. The Morgan fingerprint density at radius 3 is 2.54 bits per heavy atom. The molecule has 4 rings (SSSR count). The number of imidazole rings is 1. The second-order valence-corrected chi connectivity index (χ2v) is 5.89. The first-order valence-electron chi connectivity index (χ1n) is 8.32. The van der Waals surface area contributed by atoms with Crippen molar-refractivity contribution in [3.63, 3.8) is 0 Å². The summed E-state index contributed by atoms with van der Waals surface area (Å²) in [4.78, 5) is 13.0. The first-order valence-corrected chi connectivity index (χ1v) is 8.32. The summed E-state index contributed by atoms with van der Waals surface area (Å²) in [5, 5.41) is 3.06. The lowest BCUT2D eigenvalue weighted by molar-refractivity contribution is -0.274. The van der Waals surface area contributed by atoms with E-state index in [0.29, 0.717) is 18.3 Å². The minimum atomic E-state index is -4.70. The number of rotatable bonds is 5. The zero-order valence-electron chi connectivity index (χ0n) is 14.4. The average Bonchev–Trinajstić information content (AvgIpc) is 3.11. The smallest absolute Gasteiger partial charge is 0.406 e. The molecule has 4 aromatic rings. The number of ether oxygens (including phenoxy) is 1. The third kappa shape index (κ3) is 4.03. The monoisotopic (exact) mass is 385 g/mol. The second kappa shape index (κ2) is 7.18. The molecule has 0 bridgehead atoms. The summed E-state index contributed by atoms with van der Waals surface area (Å²) in [5.74, 6) is 0.785. The third-order valence-electron chi connectivity index (χ3n) is 3.95. The minimum absolute atomic E-state index is 0.263. The fourth-order valence-corrected chi connectivity index (χ4v) is 2.70. The van der Waals surface area contributed by atoms with Crippen LogP contribution in [0, 0.1) is 0 Å². The first kappa shape index (κ1) is 17.8. The van der Waals surface area contributed by atoms with Crippen molar-refractivity contribution in [2.24, 2.45) is 0 Å². The number of aromatic nitrogens is 4. The Morgan fingerprint density at radius 1 is 0.964 bits per heavy atom. The van der Waals surface area contributed by atoms with Crippen LogP contribution in [0.3, 0.4) is 0 Å². The minimum Gasteiger partial charge on any atom is -0.406 e. The zero-order valence-corrected chi connectivity index (χ0v) is 14.4. The number of benzene rings is 2. The number of fused-ring (bicyclic) bond motifs is 1. The molecule has 142 valence electrons. The quantitative estimate of drug-likeness (QED) is 0.554. The number of hydrogen-bond acceptors (Lipinski definition) is 5. The van der Waals surface area contributed by atoms with E-state index in [1.54, 1.807) is 30.7 Å². The number of para-hydroxylation sites is 2. The molecule has 9 heteroatoms. The summed E-state index contributed by atoms with van der Waals surface area (Å²) in [6.07, 6.45) is -1.39. The standard InChI is InChI=1S/C19H14F3N5O/c20-19(21,22)28-14-7-5-13(6-8-14)11-24-18-23-10-9-17(26-18)27-12-25-15-3-1-2-4-16(15)27/h1-10,12H,11H2,(H,23,24,26). The third-order valence-corrected chi connectivity index (χ3v) is 3.95. The highest BCUT2D eigenvalue weighted by atomic mass is 19.4. The maximum atomic E-state index is 12.2. The summed E-state index contributed by atoms with van der Waals surface area (Å²) in [5.41, 5.74) is 2.54. The fourth-order valence-electron chi connectivity index (χ4n) is 2.70. The molecule has 6 nitrogen and oxygen atoms in total. The number of nitrogens with one attached hydrogen (secondary N) is 1.